The number of carbonyl (C=O) groups excluding carboxylic acids is 2. The van der Waals surface area contributed by atoms with Gasteiger partial charge in [0.1, 0.15) is 5.69 Å². The number of carbonyl (C=O) groups is 2. The largest absolute Gasteiger partial charge is 0.369 e. The zero-order valence-corrected chi connectivity index (χ0v) is 11.5. The van der Waals surface area contributed by atoms with Crippen LogP contribution >= 0.6 is 0 Å². The molecular formula is C15H16N3O2. The van der Waals surface area contributed by atoms with Gasteiger partial charge in [0, 0.05) is 12.1 Å². The molecule has 1 heterocycles. The second-order valence-corrected chi connectivity index (χ2v) is 4.46. The van der Waals surface area contributed by atoms with E-state index in [1.807, 2.05) is 31.2 Å². The summed E-state index contributed by atoms with van der Waals surface area (Å²) in [6, 6.07) is 9.20. The SMILES string of the molecule is CCn1nc(C=O)cc1-c1cccc([C](C)C(N)=O)c1. The minimum atomic E-state index is -0.445. The zero-order valence-electron chi connectivity index (χ0n) is 11.5. The van der Waals surface area contributed by atoms with Gasteiger partial charge >= 0.3 is 0 Å². The highest BCUT2D eigenvalue weighted by Crippen LogP contribution is 2.24. The van der Waals surface area contributed by atoms with Gasteiger partial charge in [-0.15, -0.1) is 0 Å². The van der Waals surface area contributed by atoms with Crippen molar-refractivity contribution >= 4 is 12.2 Å². The molecule has 0 atom stereocenters. The highest BCUT2D eigenvalue weighted by atomic mass is 16.1. The van der Waals surface area contributed by atoms with Gasteiger partial charge < -0.3 is 5.73 Å². The molecule has 103 valence electrons. The van der Waals surface area contributed by atoms with Gasteiger partial charge in [0.15, 0.2) is 6.29 Å². The fraction of sp³-hybridized carbons (Fsp3) is 0.200. The Balaban J connectivity index is 2.48. The van der Waals surface area contributed by atoms with Crippen LogP contribution in [0.15, 0.2) is 30.3 Å². The number of hydrogen-bond donors (Lipinski definition) is 1. The molecule has 1 radical (unpaired) electrons. The Labute approximate surface area is 117 Å². The number of nitrogens with zero attached hydrogens (tertiary/aromatic N) is 2. The van der Waals surface area contributed by atoms with Crippen molar-refractivity contribution < 1.29 is 9.59 Å². The number of hydrogen-bond acceptors (Lipinski definition) is 3. The summed E-state index contributed by atoms with van der Waals surface area (Å²) in [5.41, 5.74) is 8.20. The summed E-state index contributed by atoms with van der Waals surface area (Å²) in [6.45, 7) is 4.30. The van der Waals surface area contributed by atoms with Crippen LogP contribution in [0.25, 0.3) is 11.3 Å². The summed E-state index contributed by atoms with van der Waals surface area (Å²) >= 11 is 0. The van der Waals surface area contributed by atoms with Gasteiger partial charge in [0.05, 0.1) is 11.6 Å². The molecule has 2 aromatic rings. The second kappa shape index (κ2) is 5.69. The fourth-order valence-electron chi connectivity index (χ4n) is 2.02. The number of amides is 1. The van der Waals surface area contributed by atoms with E-state index < -0.39 is 5.91 Å². The second-order valence-electron chi connectivity index (χ2n) is 4.46. The molecule has 0 spiro atoms. The van der Waals surface area contributed by atoms with Crippen LogP contribution in [-0.2, 0) is 11.3 Å². The Bertz CT molecular complexity index is 646. The lowest BCUT2D eigenvalue weighted by Crippen LogP contribution is -2.19. The lowest BCUT2D eigenvalue weighted by molar-refractivity contribution is -0.115. The first-order valence-corrected chi connectivity index (χ1v) is 6.34. The Morgan fingerprint density at radius 2 is 2.15 bits per heavy atom. The Kier molecular flexibility index (Phi) is 3.98. The van der Waals surface area contributed by atoms with Crippen LogP contribution in [0.2, 0.25) is 0 Å². The molecular weight excluding hydrogens is 254 g/mol. The van der Waals surface area contributed by atoms with Crippen LogP contribution in [0.4, 0.5) is 0 Å². The minimum absolute atomic E-state index is 0.392. The number of nitrogens with two attached hydrogens (primary N) is 1. The Morgan fingerprint density at radius 1 is 1.40 bits per heavy atom. The van der Waals surface area contributed by atoms with Crippen LogP contribution in [0.1, 0.15) is 29.9 Å². The molecule has 0 saturated heterocycles. The topological polar surface area (TPSA) is 78.0 Å². The molecule has 2 rings (SSSR count). The van der Waals surface area contributed by atoms with Crippen molar-refractivity contribution in [1.82, 2.24) is 9.78 Å². The molecule has 1 aromatic carbocycles. The van der Waals surface area contributed by atoms with Crippen LogP contribution in [-0.4, -0.2) is 22.0 Å². The zero-order chi connectivity index (χ0) is 14.7. The first-order valence-electron chi connectivity index (χ1n) is 6.34. The number of primary amides is 1. The van der Waals surface area contributed by atoms with E-state index in [9.17, 15) is 9.59 Å². The van der Waals surface area contributed by atoms with Crippen molar-refractivity contribution in [3.63, 3.8) is 0 Å². The summed E-state index contributed by atoms with van der Waals surface area (Å²) in [6.07, 6.45) is 0.723. The van der Waals surface area contributed by atoms with Crippen molar-refractivity contribution in [2.75, 3.05) is 0 Å². The molecule has 5 heteroatoms. The molecule has 0 bridgehead atoms. The van der Waals surface area contributed by atoms with Gasteiger partial charge in [0.2, 0.25) is 5.91 Å². The van der Waals surface area contributed by atoms with Gasteiger partial charge in [-0.05, 0) is 31.5 Å². The molecule has 20 heavy (non-hydrogen) atoms. The summed E-state index contributed by atoms with van der Waals surface area (Å²) < 4.78 is 1.75. The van der Waals surface area contributed by atoms with Crippen LogP contribution in [0, 0.1) is 5.92 Å². The molecule has 0 fully saturated rings. The quantitative estimate of drug-likeness (QED) is 0.842. The van der Waals surface area contributed by atoms with Crippen LogP contribution < -0.4 is 5.73 Å². The van der Waals surface area contributed by atoms with Gasteiger partial charge in [0.25, 0.3) is 0 Å². The molecule has 1 amide bonds. The average molecular weight is 270 g/mol. The summed E-state index contributed by atoms with van der Waals surface area (Å²) in [5, 5.41) is 4.18. The maximum Gasteiger partial charge on any atom is 0.229 e. The minimum Gasteiger partial charge on any atom is -0.369 e. The average Bonchev–Trinajstić information content (AvgIpc) is 2.89. The van der Waals surface area contributed by atoms with Gasteiger partial charge in [-0.2, -0.15) is 5.10 Å². The summed E-state index contributed by atoms with van der Waals surface area (Å²) in [4.78, 5) is 22.1. The smallest absolute Gasteiger partial charge is 0.229 e. The van der Waals surface area contributed by atoms with E-state index in [0.29, 0.717) is 18.2 Å². The number of aryl methyl sites for hydroxylation is 1. The molecule has 0 aliphatic heterocycles. The summed E-state index contributed by atoms with van der Waals surface area (Å²) in [7, 11) is 0. The van der Waals surface area contributed by atoms with E-state index in [-0.39, 0.29) is 0 Å². The van der Waals surface area contributed by atoms with Gasteiger partial charge in [-0.3, -0.25) is 14.3 Å². The van der Waals surface area contributed by atoms with E-state index in [1.165, 1.54) is 0 Å². The maximum atomic E-state index is 11.2. The van der Waals surface area contributed by atoms with E-state index >= 15 is 0 Å². The van der Waals surface area contributed by atoms with Gasteiger partial charge in [-0.1, -0.05) is 18.2 Å². The monoisotopic (exact) mass is 270 g/mol. The van der Waals surface area contributed by atoms with Crippen molar-refractivity contribution in [3.8, 4) is 11.3 Å². The Hall–Kier alpha value is -2.43. The molecule has 0 unspecified atom stereocenters. The predicted octanol–water partition coefficient (Wildman–Crippen LogP) is 1.81. The normalized spacial score (nSPS) is 10.8. The van der Waals surface area contributed by atoms with E-state index in [1.54, 1.807) is 17.7 Å². The first kappa shape index (κ1) is 14.0. The third-order valence-electron chi connectivity index (χ3n) is 3.18. The number of rotatable bonds is 5. The highest BCUT2D eigenvalue weighted by Gasteiger charge is 2.15. The molecule has 2 N–H and O–H groups in total. The molecule has 0 aliphatic carbocycles. The summed E-state index contributed by atoms with van der Waals surface area (Å²) in [5.74, 6) is 0.0600. The lowest BCUT2D eigenvalue weighted by atomic mass is 9.97. The highest BCUT2D eigenvalue weighted by molar-refractivity contribution is 5.92. The lowest BCUT2D eigenvalue weighted by Gasteiger charge is -2.10. The van der Waals surface area contributed by atoms with Crippen molar-refractivity contribution in [2.24, 2.45) is 5.73 Å². The van der Waals surface area contributed by atoms with Crippen LogP contribution in [0.3, 0.4) is 0 Å². The first-order chi connectivity index (χ1) is 9.56. The van der Waals surface area contributed by atoms with E-state index in [0.717, 1.165) is 23.1 Å². The fourth-order valence-corrected chi connectivity index (χ4v) is 2.02. The predicted molar refractivity (Wildman–Crippen MR) is 75.9 cm³/mol. The standard InChI is InChI=1S/C15H16N3O2/c1-3-18-14(8-13(9-19)17-18)12-6-4-5-11(7-12)10(2)15(16)20/h4-9H,3H2,1-2H3,(H2,16,20). The van der Waals surface area contributed by atoms with E-state index in [2.05, 4.69) is 5.10 Å². The van der Waals surface area contributed by atoms with Gasteiger partial charge in [-0.25, -0.2) is 0 Å². The number of aldehydes is 1. The van der Waals surface area contributed by atoms with Crippen molar-refractivity contribution in [1.29, 1.82) is 0 Å². The van der Waals surface area contributed by atoms with Crippen molar-refractivity contribution in [3.05, 3.63) is 47.5 Å². The van der Waals surface area contributed by atoms with Crippen LogP contribution in [0.5, 0.6) is 0 Å². The molecule has 0 aliphatic rings. The molecule has 5 nitrogen and oxygen atoms in total. The van der Waals surface area contributed by atoms with E-state index in [4.69, 9.17) is 5.73 Å². The third kappa shape index (κ3) is 2.61. The third-order valence-corrected chi connectivity index (χ3v) is 3.18. The number of aromatic nitrogens is 2. The number of benzene rings is 1. The molecule has 1 aromatic heterocycles. The molecule has 0 saturated carbocycles. The maximum absolute atomic E-state index is 11.2. The van der Waals surface area contributed by atoms with Crippen molar-refractivity contribution in [2.45, 2.75) is 20.4 Å². The Morgan fingerprint density at radius 3 is 2.75 bits per heavy atom.